The van der Waals surface area contributed by atoms with Crippen LogP contribution in [0.5, 0.6) is 11.5 Å². The van der Waals surface area contributed by atoms with E-state index in [1.807, 2.05) is 13.8 Å². The first-order valence-electron chi connectivity index (χ1n) is 11.8. The molecular weight excluding hydrogens is 541 g/mol. The summed E-state index contributed by atoms with van der Waals surface area (Å²) in [6.07, 6.45) is 0.330. The Balaban J connectivity index is 1.80. The molecule has 0 radical (unpaired) electrons. The lowest BCUT2D eigenvalue weighted by molar-refractivity contribution is -0.139. The van der Waals surface area contributed by atoms with Crippen LogP contribution >= 0.6 is 15.9 Å². The van der Waals surface area contributed by atoms with Gasteiger partial charge in [-0.1, -0.05) is 24.3 Å². The molecule has 1 N–H and O–H groups in total. The van der Waals surface area contributed by atoms with Crippen LogP contribution in [0, 0.1) is 5.82 Å². The average molecular weight is 568 g/mol. The first-order valence-corrected chi connectivity index (χ1v) is 12.6. The minimum atomic E-state index is -0.836. The van der Waals surface area contributed by atoms with E-state index in [-0.39, 0.29) is 29.8 Å². The van der Waals surface area contributed by atoms with E-state index < -0.39 is 17.7 Å². The number of likely N-dealkylation sites (tertiary alicyclic amines) is 1. The molecule has 1 unspecified atom stereocenters. The summed E-state index contributed by atoms with van der Waals surface area (Å²) in [6.45, 7) is 4.01. The van der Waals surface area contributed by atoms with Crippen LogP contribution in [0.15, 0.2) is 76.8 Å². The summed E-state index contributed by atoms with van der Waals surface area (Å²) in [4.78, 5) is 28.0. The molecule has 192 valence electrons. The highest BCUT2D eigenvalue weighted by Crippen LogP contribution is 2.41. The van der Waals surface area contributed by atoms with Gasteiger partial charge >= 0.3 is 0 Å². The molecule has 8 heteroatoms. The fourth-order valence-corrected chi connectivity index (χ4v) is 4.90. The van der Waals surface area contributed by atoms with E-state index in [1.165, 1.54) is 24.1 Å². The molecule has 0 saturated carbocycles. The molecule has 37 heavy (non-hydrogen) atoms. The molecule has 4 rings (SSSR count). The van der Waals surface area contributed by atoms with Gasteiger partial charge in [-0.2, -0.15) is 0 Å². The van der Waals surface area contributed by atoms with E-state index in [2.05, 4.69) is 15.9 Å². The van der Waals surface area contributed by atoms with E-state index in [1.54, 1.807) is 54.6 Å². The Kier molecular flexibility index (Phi) is 7.97. The van der Waals surface area contributed by atoms with Gasteiger partial charge in [-0.15, -0.1) is 0 Å². The van der Waals surface area contributed by atoms with Crippen LogP contribution in [0.3, 0.4) is 0 Å². The number of ketones is 1. The van der Waals surface area contributed by atoms with Crippen molar-refractivity contribution >= 4 is 33.4 Å². The minimum absolute atomic E-state index is 0.0112. The minimum Gasteiger partial charge on any atom is -0.507 e. The monoisotopic (exact) mass is 567 g/mol. The first kappa shape index (κ1) is 26.4. The van der Waals surface area contributed by atoms with Gasteiger partial charge in [-0.25, -0.2) is 4.39 Å². The molecule has 1 atom stereocenters. The lowest BCUT2D eigenvalue weighted by atomic mass is 9.95. The van der Waals surface area contributed by atoms with Gasteiger partial charge in [0, 0.05) is 12.1 Å². The number of carbonyl (C=O) groups is 2. The Morgan fingerprint density at radius 3 is 2.46 bits per heavy atom. The second-order valence-electron chi connectivity index (χ2n) is 8.96. The maximum atomic E-state index is 13.4. The second kappa shape index (κ2) is 11.2. The number of carbonyl (C=O) groups excluding carboxylic acids is 2. The van der Waals surface area contributed by atoms with Gasteiger partial charge in [0.25, 0.3) is 11.7 Å². The van der Waals surface area contributed by atoms with Crippen molar-refractivity contribution in [2.24, 2.45) is 0 Å². The molecule has 3 aromatic rings. The molecule has 1 amide bonds. The summed E-state index contributed by atoms with van der Waals surface area (Å²) in [5, 5.41) is 11.3. The van der Waals surface area contributed by atoms with Crippen molar-refractivity contribution in [1.82, 2.24) is 4.90 Å². The zero-order valence-electron chi connectivity index (χ0n) is 20.7. The van der Waals surface area contributed by atoms with Crippen LogP contribution in [0.1, 0.15) is 36.6 Å². The van der Waals surface area contributed by atoms with E-state index >= 15 is 0 Å². The molecule has 1 aliphatic rings. The van der Waals surface area contributed by atoms with Gasteiger partial charge < -0.3 is 19.5 Å². The van der Waals surface area contributed by atoms with Gasteiger partial charge in [-0.05, 0) is 89.8 Å². The van der Waals surface area contributed by atoms with Crippen LogP contribution in [0.2, 0.25) is 0 Å². The molecule has 0 aliphatic carbocycles. The lowest BCUT2D eigenvalue weighted by Crippen LogP contribution is -2.31. The highest BCUT2D eigenvalue weighted by molar-refractivity contribution is 9.10. The maximum absolute atomic E-state index is 13.4. The molecule has 1 aliphatic heterocycles. The van der Waals surface area contributed by atoms with Gasteiger partial charge in [0.05, 0.1) is 29.3 Å². The summed E-state index contributed by atoms with van der Waals surface area (Å²) in [5.41, 5.74) is 1.80. The van der Waals surface area contributed by atoms with E-state index in [9.17, 15) is 19.1 Å². The molecule has 1 saturated heterocycles. The lowest BCUT2D eigenvalue weighted by Gasteiger charge is -2.26. The van der Waals surface area contributed by atoms with Gasteiger partial charge in [0.2, 0.25) is 0 Å². The number of methoxy groups -OCH3 is 1. The molecular formula is C29H27BrFNO5. The number of hydrogen-bond acceptors (Lipinski definition) is 5. The van der Waals surface area contributed by atoms with Gasteiger partial charge in [0.15, 0.2) is 0 Å². The van der Waals surface area contributed by atoms with Crippen LogP contribution in [0.25, 0.3) is 5.76 Å². The first-order chi connectivity index (χ1) is 17.7. The number of Topliss-reactive ketones (excluding diaryl/α,β-unsaturated/α-hetero) is 1. The van der Waals surface area contributed by atoms with Crippen LogP contribution in [-0.4, -0.2) is 41.5 Å². The third kappa shape index (κ3) is 5.69. The molecule has 6 nitrogen and oxygen atoms in total. The maximum Gasteiger partial charge on any atom is 0.295 e. The van der Waals surface area contributed by atoms with Crippen molar-refractivity contribution in [3.05, 3.63) is 99.3 Å². The van der Waals surface area contributed by atoms with Gasteiger partial charge in [-0.3, -0.25) is 9.59 Å². The Morgan fingerprint density at radius 2 is 1.81 bits per heavy atom. The third-order valence-electron chi connectivity index (χ3n) is 6.07. The topological polar surface area (TPSA) is 76.1 Å². The predicted octanol–water partition coefficient (Wildman–Crippen LogP) is 6.05. The van der Waals surface area contributed by atoms with Crippen LogP contribution in [-0.2, 0) is 16.0 Å². The van der Waals surface area contributed by atoms with E-state index in [4.69, 9.17) is 9.47 Å². The van der Waals surface area contributed by atoms with Crippen molar-refractivity contribution in [2.75, 3.05) is 13.7 Å². The third-order valence-corrected chi connectivity index (χ3v) is 6.69. The predicted molar refractivity (Wildman–Crippen MR) is 142 cm³/mol. The number of amides is 1. The van der Waals surface area contributed by atoms with Crippen LogP contribution in [0.4, 0.5) is 4.39 Å². The van der Waals surface area contributed by atoms with Gasteiger partial charge in [0.1, 0.15) is 23.1 Å². The standard InChI is InChI=1S/C29H27BrFNO5/c1-17(2)37-22-6-4-5-19(15-22)26-25(27(33)20-9-12-24(36-3)23(30)16-20)28(34)29(35)32(26)14-13-18-7-10-21(31)11-8-18/h4-12,15-17,26,33H,13-14H2,1-3H3/b27-25+. The number of aliphatic hydroxyl groups excluding tert-OH is 1. The highest BCUT2D eigenvalue weighted by Gasteiger charge is 2.46. The molecule has 0 spiro atoms. The number of nitrogens with zero attached hydrogens (tertiary/aromatic N) is 1. The van der Waals surface area contributed by atoms with Crippen molar-refractivity contribution < 1.29 is 28.6 Å². The van der Waals surface area contributed by atoms with E-state index in [0.29, 0.717) is 33.5 Å². The number of halogens is 2. The molecule has 0 aromatic heterocycles. The Labute approximate surface area is 223 Å². The Hall–Kier alpha value is -3.65. The number of ether oxygens (including phenoxy) is 2. The molecule has 0 bridgehead atoms. The zero-order chi connectivity index (χ0) is 26.7. The van der Waals surface area contributed by atoms with E-state index in [0.717, 1.165) is 5.56 Å². The zero-order valence-corrected chi connectivity index (χ0v) is 22.3. The Bertz CT molecular complexity index is 1350. The fraction of sp³-hybridized carbons (Fsp3) is 0.241. The number of benzene rings is 3. The number of rotatable bonds is 8. The normalized spacial score (nSPS) is 16.9. The number of aliphatic hydroxyl groups is 1. The summed E-state index contributed by atoms with van der Waals surface area (Å²) >= 11 is 3.41. The SMILES string of the molecule is COc1ccc(/C(O)=C2\C(=O)C(=O)N(CCc3ccc(F)cc3)C2c2cccc(OC(C)C)c2)cc1Br. The summed E-state index contributed by atoms with van der Waals surface area (Å²) < 4.78 is 25.1. The van der Waals surface area contributed by atoms with Crippen molar-refractivity contribution in [2.45, 2.75) is 32.4 Å². The summed E-state index contributed by atoms with van der Waals surface area (Å²) in [5.74, 6) is -0.974. The van der Waals surface area contributed by atoms with Crippen molar-refractivity contribution in [1.29, 1.82) is 0 Å². The average Bonchev–Trinajstić information content (AvgIpc) is 3.12. The van der Waals surface area contributed by atoms with Crippen LogP contribution < -0.4 is 9.47 Å². The highest BCUT2D eigenvalue weighted by atomic mass is 79.9. The molecule has 3 aromatic carbocycles. The molecule has 1 heterocycles. The number of hydrogen-bond donors (Lipinski definition) is 1. The summed E-state index contributed by atoms with van der Waals surface area (Å²) in [6, 6.07) is 17.3. The van der Waals surface area contributed by atoms with Crippen molar-refractivity contribution in [3.63, 3.8) is 0 Å². The van der Waals surface area contributed by atoms with Crippen molar-refractivity contribution in [3.8, 4) is 11.5 Å². The fourth-order valence-electron chi connectivity index (χ4n) is 4.36. The second-order valence-corrected chi connectivity index (χ2v) is 9.81. The summed E-state index contributed by atoms with van der Waals surface area (Å²) in [7, 11) is 1.53. The smallest absolute Gasteiger partial charge is 0.295 e. The quantitative estimate of drug-likeness (QED) is 0.204. The molecule has 1 fully saturated rings. The largest absolute Gasteiger partial charge is 0.507 e. The Morgan fingerprint density at radius 1 is 1.08 bits per heavy atom.